The number of nitrogens with zero attached hydrogens (tertiary/aromatic N) is 3. The van der Waals surface area contributed by atoms with E-state index in [1.807, 2.05) is 37.3 Å². The van der Waals surface area contributed by atoms with Gasteiger partial charge in [0.25, 0.3) is 0 Å². The lowest BCUT2D eigenvalue weighted by molar-refractivity contribution is -0.117. The molecule has 0 saturated heterocycles. The van der Waals surface area contributed by atoms with Gasteiger partial charge in [-0.1, -0.05) is 31.2 Å². The molecule has 1 heterocycles. The van der Waals surface area contributed by atoms with Gasteiger partial charge in [0.2, 0.25) is 11.8 Å². The van der Waals surface area contributed by atoms with E-state index in [4.69, 9.17) is 4.74 Å². The molecule has 22 heavy (non-hydrogen) atoms. The Morgan fingerprint density at radius 3 is 2.86 bits per heavy atom. The molecule has 2 aromatic rings. The number of benzene rings is 1. The van der Waals surface area contributed by atoms with Gasteiger partial charge < -0.3 is 4.74 Å². The van der Waals surface area contributed by atoms with Crippen LogP contribution in [-0.4, -0.2) is 22.3 Å². The van der Waals surface area contributed by atoms with Crippen LogP contribution in [0, 0.1) is 0 Å². The van der Waals surface area contributed by atoms with Gasteiger partial charge in [0, 0.05) is 12.5 Å². The van der Waals surface area contributed by atoms with E-state index in [1.54, 1.807) is 16.9 Å². The average molecular weight is 297 g/mol. The molecule has 5 heteroatoms. The number of ether oxygens (including phenoxy) is 1. The van der Waals surface area contributed by atoms with E-state index in [-0.39, 0.29) is 12.3 Å². The predicted molar refractivity (Wildman–Crippen MR) is 84.7 cm³/mol. The minimum absolute atomic E-state index is 0.207. The number of aromatic nitrogens is 2. The van der Waals surface area contributed by atoms with Crippen LogP contribution in [0.3, 0.4) is 0 Å². The number of carbonyl (C=O) groups is 1. The second kappa shape index (κ2) is 7.93. The molecule has 2 rings (SSSR count). The van der Waals surface area contributed by atoms with E-state index >= 15 is 0 Å². The summed E-state index contributed by atoms with van der Waals surface area (Å²) in [6.07, 6.45) is 4.16. The first-order chi connectivity index (χ1) is 10.7. The minimum Gasteiger partial charge on any atom is -0.478 e. The molecule has 114 valence electrons. The Morgan fingerprint density at radius 1 is 1.41 bits per heavy atom. The maximum Gasteiger partial charge on any atom is 0.250 e. The van der Waals surface area contributed by atoms with Crippen LogP contribution in [0.1, 0.15) is 19.8 Å². The maximum absolute atomic E-state index is 11.6. The number of para-hydroxylation sites is 1. The average Bonchev–Trinajstić information content (AvgIpc) is 2.54. The highest BCUT2D eigenvalue weighted by molar-refractivity contribution is 5.78. The molecule has 0 atom stereocenters. The second-order valence-corrected chi connectivity index (χ2v) is 4.65. The van der Waals surface area contributed by atoms with E-state index in [9.17, 15) is 4.79 Å². The summed E-state index contributed by atoms with van der Waals surface area (Å²) in [5, 5.41) is 4.81. The van der Waals surface area contributed by atoms with Gasteiger partial charge >= 0.3 is 0 Å². The molecule has 1 aromatic carbocycles. The lowest BCUT2D eigenvalue weighted by Crippen LogP contribution is -2.15. The molecule has 0 radical (unpaired) electrons. The molecular weight excluding hydrogens is 278 g/mol. The highest BCUT2D eigenvalue weighted by atomic mass is 16.5. The van der Waals surface area contributed by atoms with Crippen LogP contribution in [0.25, 0.3) is 5.69 Å². The van der Waals surface area contributed by atoms with Gasteiger partial charge in [0.1, 0.15) is 0 Å². The van der Waals surface area contributed by atoms with Gasteiger partial charge in [0.15, 0.2) is 0 Å². The molecule has 0 fully saturated rings. The molecule has 0 aliphatic carbocycles. The highest BCUT2D eigenvalue weighted by Crippen LogP contribution is 2.14. The van der Waals surface area contributed by atoms with Crippen molar-refractivity contribution in [3.63, 3.8) is 0 Å². The molecule has 0 aliphatic rings. The molecule has 0 aliphatic heterocycles. The molecule has 0 N–H and O–H groups in total. The first-order valence-electron chi connectivity index (χ1n) is 7.20. The molecule has 0 saturated carbocycles. The summed E-state index contributed by atoms with van der Waals surface area (Å²) in [5.41, 5.74) is 0.887. The van der Waals surface area contributed by atoms with Gasteiger partial charge in [0.05, 0.1) is 23.8 Å². The van der Waals surface area contributed by atoms with E-state index in [2.05, 4.69) is 16.7 Å². The SMILES string of the molecule is C=CCC(=O)/N=c1\cnn(-c2ccccc2)c(OCCC)c1. The smallest absolute Gasteiger partial charge is 0.250 e. The molecule has 0 unspecified atom stereocenters. The lowest BCUT2D eigenvalue weighted by atomic mass is 10.3. The first kappa shape index (κ1) is 15.7. The monoisotopic (exact) mass is 297 g/mol. The third-order valence-corrected chi connectivity index (χ3v) is 2.81. The van der Waals surface area contributed by atoms with E-state index in [1.165, 1.54) is 6.08 Å². The van der Waals surface area contributed by atoms with Crippen molar-refractivity contribution < 1.29 is 9.53 Å². The van der Waals surface area contributed by atoms with Gasteiger partial charge in [-0.05, 0) is 18.6 Å². The van der Waals surface area contributed by atoms with Gasteiger partial charge in [-0.2, -0.15) is 5.10 Å². The number of carbonyl (C=O) groups excluding carboxylic acids is 1. The van der Waals surface area contributed by atoms with Gasteiger partial charge in [-0.25, -0.2) is 9.67 Å². The van der Waals surface area contributed by atoms with E-state index in [0.717, 1.165) is 12.1 Å². The quantitative estimate of drug-likeness (QED) is 0.770. The second-order valence-electron chi connectivity index (χ2n) is 4.65. The summed E-state index contributed by atoms with van der Waals surface area (Å²) in [7, 11) is 0. The van der Waals surface area contributed by atoms with Crippen LogP contribution in [-0.2, 0) is 4.79 Å². The van der Waals surface area contributed by atoms with Crippen molar-refractivity contribution in [3.05, 3.63) is 60.6 Å². The zero-order valence-electron chi connectivity index (χ0n) is 12.6. The van der Waals surface area contributed by atoms with Crippen molar-refractivity contribution in [1.82, 2.24) is 9.78 Å². The van der Waals surface area contributed by atoms with Crippen molar-refractivity contribution in [3.8, 4) is 11.6 Å². The third kappa shape index (κ3) is 4.15. The summed E-state index contributed by atoms with van der Waals surface area (Å²) < 4.78 is 7.42. The highest BCUT2D eigenvalue weighted by Gasteiger charge is 2.05. The Labute approximate surface area is 129 Å². The first-order valence-corrected chi connectivity index (χ1v) is 7.20. The molecule has 5 nitrogen and oxygen atoms in total. The van der Waals surface area contributed by atoms with E-state index in [0.29, 0.717) is 17.8 Å². The Morgan fingerprint density at radius 2 is 2.18 bits per heavy atom. The number of rotatable bonds is 6. The normalized spacial score (nSPS) is 11.2. The third-order valence-electron chi connectivity index (χ3n) is 2.81. The fourth-order valence-electron chi connectivity index (χ4n) is 1.85. The van der Waals surface area contributed by atoms with Gasteiger partial charge in [-0.15, -0.1) is 6.58 Å². The number of hydrogen-bond acceptors (Lipinski definition) is 3. The summed E-state index contributed by atoms with van der Waals surface area (Å²) in [4.78, 5) is 15.6. The number of amides is 1. The summed E-state index contributed by atoms with van der Waals surface area (Å²) in [5.74, 6) is 0.302. The molecule has 1 amide bonds. The Bertz CT molecular complexity index is 705. The minimum atomic E-state index is -0.254. The summed E-state index contributed by atoms with van der Waals surface area (Å²) in [6, 6.07) is 11.4. The molecular formula is C17H19N3O2. The van der Waals surface area contributed by atoms with Crippen molar-refractivity contribution in [2.45, 2.75) is 19.8 Å². The van der Waals surface area contributed by atoms with Crippen LogP contribution < -0.4 is 10.1 Å². The zero-order chi connectivity index (χ0) is 15.8. The largest absolute Gasteiger partial charge is 0.478 e. The van der Waals surface area contributed by atoms with Crippen LogP contribution in [0.15, 0.2) is 60.2 Å². The van der Waals surface area contributed by atoms with Crippen molar-refractivity contribution >= 4 is 5.91 Å². The van der Waals surface area contributed by atoms with Crippen LogP contribution >= 0.6 is 0 Å². The fraction of sp³-hybridized carbons (Fsp3) is 0.235. The Balaban J connectivity index is 2.42. The molecule has 0 bridgehead atoms. The standard InChI is InChI=1S/C17H19N3O2/c1-3-8-16(21)19-14-12-17(22-11-4-2)20(18-13-14)15-9-6-5-7-10-15/h3,5-7,9-10,12-13H,1,4,8,11H2,2H3/b19-14-. The van der Waals surface area contributed by atoms with Gasteiger partial charge in [-0.3, -0.25) is 4.79 Å². The molecule has 0 spiro atoms. The summed E-state index contributed by atoms with van der Waals surface area (Å²) in [6.45, 7) is 6.13. The maximum atomic E-state index is 11.6. The van der Waals surface area contributed by atoms with Crippen molar-refractivity contribution in [1.29, 1.82) is 0 Å². The van der Waals surface area contributed by atoms with E-state index < -0.39 is 0 Å². The molecule has 1 aromatic heterocycles. The van der Waals surface area contributed by atoms with Crippen LogP contribution in [0.4, 0.5) is 0 Å². The van der Waals surface area contributed by atoms with Crippen molar-refractivity contribution in [2.24, 2.45) is 4.99 Å². The zero-order valence-corrected chi connectivity index (χ0v) is 12.6. The number of hydrogen-bond donors (Lipinski definition) is 0. The van der Waals surface area contributed by atoms with Crippen LogP contribution in [0.2, 0.25) is 0 Å². The Kier molecular flexibility index (Phi) is 5.65. The van der Waals surface area contributed by atoms with Crippen LogP contribution in [0.5, 0.6) is 5.88 Å². The topological polar surface area (TPSA) is 56.5 Å². The Hall–Kier alpha value is -2.69. The predicted octanol–water partition coefficient (Wildman–Crippen LogP) is 2.66. The van der Waals surface area contributed by atoms with Crippen molar-refractivity contribution in [2.75, 3.05) is 6.61 Å². The lowest BCUT2D eigenvalue weighted by Gasteiger charge is -2.12. The fourth-order valence-corrected chi connectivity index (χ4v) is 1.85. The summed E-state index contributed by atoms with van der Waals surface area (Å²) >= 11 is 0.